The molecule has 1 aromatic rings. The normalized spacial score (nSPS) is 16.2. The zero-order valence-electron chi connectivity index (χ0n) is 9.15. The number of carbonyl (C=O) groups is 1. The van der Waals surface area contributed by atoms with E-state index in [1.807, 2.05) is 24.3 Å². The monoisotopic (exact) mass is 203 g/mol. The number of aldehydes is 1. The van der Waals surface area contributed by atoms with Crippen molar-refractivity contribution in [3.8, 4) is 0 Å². The van der Waals surface area contributed by atoms with E-state index in [0.29, 0.717) is 0 Å². The standard InChI is InChI=1S/C13H17NO/c1-2-3-12-8-14(9-12)13-6-4-11(10-15)5-7-13/h4-7,10,12H,2-3,8-9H2,1H3. The molecule has 2 rings (SSSR count). The van der Waals surface area contributed by atoms with Crippen molar-refractivity contribution in [2.75, 3.05) is 18.0 Å². The quantitative estimate of drug-likeness (QED) is 0.701. The molecule has 0 saturated carbocycles. The molecule has 0 amide bonds. The fourth-order valence-corrected chi connectivity index (χ4v) is 2.14. The van der Waals surface area contributed by atoms with Crippen LogP contribution in [0.1, 0.15) is 30.1 Å². The second-order valence-corrected chi connectivity index (χ2v) is 4.27. The van der Waals surface area contributed by atoms with E-state index in [1.165, 1.54) is 31.6 Å². The lowest BCUT2D eigenvalue weighted by Gasteiger charge is -2.41. The number of rotatable bonds is 4. The predicted molar refractivity (Wildman–Crippen MR) is 62.4 cm³/mol. The van der Waals surface area contributed by atoms with Crippen molar-refractivity contribution in [3.05, 3.63) is 29.8 Å². The van der Waals surface area contributed by atoms with Crippen molar-refractivity contribution in [3.63, 3.8) is 0 Å². The van der Waals surface area contributed by atoms with Gasteiger partial charge in [-0.1, -0.05) is 13.3 Å². The van der Waals surface area contributed by atoms with Gasteiger partial charge in [-0.15, -0.1) is 0 Å². The van der Waals surface area contributed by atoms with Crippen LogP contribution in [0.5, 0.6) is 0 Å². The number of anilines is 1. The molecule has 1 aromatic carbocycles. The average molecular weight is 203 g/mol. The van der Waals surface area contributed by atoms with Gasteiger partial charge in [-0.3, -0.25) is 4.79 Å². The molecule has 0 radical (unpaired) electrons. The van der Waals surface area contributed by atoms with Gasteiger partial charge >= 0.3 is 0 Å². The molecule has 0 aromatic heterocycles. The van der Waals surface area contributed by atoms with E-state index in [0.717, 1.165) is 17.8 Å². The molecule has 0 atom stereocenters. The maximum atomic E-state index is 10.5. The third-order valence-electron chi connectivity index (χ3n) is 3.05. The highest BCUT2D eigenvalue weighted by Crippen LogP contribution is 2.27. The first-order chi connectivity index (χ1) is 7.33. The molecular weight excluding hydrogens is 186 g/mol. The van der Waals surface area contributed by atoms with Crippen LogP contribution in [-0.2, 0) is 0 Å². The molecular formula is C13H17NO. The molecule has 2 heteroatoms. The van der Waals surface area contributed by atoms with Crippen molar-refractivity contribution in [1.29, 1.82) is 0 Å². The summed E-state index contributed by atoms with van der Waals surface area (Å²) in [6.45, 7) is 4.59. The van der Waals surface area contributed by atoms with E-state index < -0.39 is 0 Å². The van der Waals surface area contributed by atoms with E-state index in [-0.39, 0.29) is 0 Å². The molecule has 1 aliphatic rings. The first kappa shape index (κ1) is 10.2. The number of hydrogen-bond donors (Lipinski definition) is 0. The van der Waals surface area contributed by atoms with Gasteiger partial charge in [0.1, 0.15) is 6.29 Å². The van der Waals surface area contributed by atoms with Crippen LogP contribution in [0.15, 0.2) is 24.3 Å². The molecule has 15 heavy (non-hydrogen) atoms. The summed E-state index contributed by atoms with van der Waals surface area (Å²) in [6, 6.07) is 7.84. The van der Waals surface area contributed by atoms with Gasteiger partial charge in [0, 0.05) is 24.3 Å². The number of benzene rings is 1. The zero-order chi connectivity index (χ0) is 10.7. The van der Waals surface area contributed by atoms with Crippen LogP contribution in [0.4, 0.5) is 5.69 Å². The summed E-state index contributed by atoms with van der Waals surface area (Å²) in [6.07, 6.45) is 3.51. The molecule has 2 nitrogen and oxygen atoms in total. The van der Waals surface area contributed by atoms with Crippen LogP contribution in [-0.4, -0.2) is 19.4 Å². The van der Waals surface area contributed by atoms with E-state index >= 15 is 0 Å². The van der Waals surface area contributed by atoms with Crippen LogP contribution in [0, 0.1) is 5.92 Å². The van der Waals surface area contributed by atoms with Gasteiger partial charge in [0.15, 0.2) is 0 Å². The van der Waals surface area contributed by atoms with Crippen LogP contribution >= 0.6 is 0 Å². The lowest BCUT2D eigenvalue weighted by molar-refractivity contribution is 0.112. The second-order valence-electron chi connectivity index (χ2n) is 4.27. The van der Waals surface area contributed by atoms with Crippen LogP contribution in [0.3, 0.4) is 0 Å². The Morgan fingerprint density at radius 3 is 2.53 bits per heavy atom. The summed E-state index contributed by atoms with van der Waals surface area (Å²) >= 11 is 0. The molecule has 0 aliphatic carbocycles. The second kappa shape index (κ2) is 4.47. The maximum Gasteiger partial charge on any atom is 0.150 e. The van der Waals surface area contributed by atoms with Crippen molar-refractivity contribution in [2.24, 2.45) is 5.92 Å². The molecule has 1 saturated heterocycles. The molecule has 0 bridgehead atoms. The van der Waals surface area contributed by atoms with Gasteiger partial charge in [-0.2, -0.15) is 0 Å². The minimum absolute atomic E-state index is 0.754. The van der Waals surface area contributed by atoms with Crippen LogP contribution in [0.2, 0.25) is 0 Å². The lowest BCUT2D eigenvalue weighted by Crippen LogP contribution is -2.46. The summed E-state index contributed by atoms with van der Waals surface area (Å²) in [5.74, 6) is 0.876. The van der Waals surface area contributed by atoms with Crippen molar-refractivity contribution in [2.45, 2.75) is 19.8 Å². The summed E-state index contributed by atoms with van der Waals surface area (Å²) < 4.78 is 0. The SMILES string of the molecule is CCCC1CN(c2ccc(C=O)cc2)C1. The van der Waals surface area contributed by atoms with Crippen molar-refractivity contribution in [1.82, 2.24) is 0 Å². The van der Waals surface area contributed by atoms with Gasteiger partial charge in [0.25, 0.3) is 0 Å². The molecule has 0 unspecified atom stereocenters. The lowest BCUT2D eigenvalue weighted by atomic mass is 9.94. The summed E-state index contributed by atoms with van der Waals surface area (Å²) in [7, 11) is 0. The summed E-state index contributed by atoms with van der Waals surface area (Å²) in [4.78, 5) is 12.9. The third-order valence-corrected chi connectivity index (χ3v) is 3.05. The Hall–Kier alpha value is -1.31. The molecule has 1 aliphatic heterocycles. The smallest absolute Gasteiger partial charge is 0.150 e. The van der Waals surface area contributed by atoms with Gasteiger partial charge in [0.05, 0.1) is 0 Å². The summed E-state index contributed by atoms with van der Waals surface area (Å²) in [5, 5.41) is 0. The highest BCUT2D eigenvalue weighted by atomic mass is 16.1. The van der Waals surface area contributed by atoms with E-state index in [1.54, 1.807) is 0 Å². The van der Waals surface area contributed by atoms with Gasteiger partial charge in [0.2, 0.25) is 0 Å². The van der Waals surface area contributed by atoms with Gasteiger partial charge < -0.3 is 4.90 Å². The highest BCUT2D eigenvalue weighted by molar-refractivity contribution is 5.75. The van der Waals surface area contributed by atoms with E-state index in [9.17, 15) is 4.79 Å². The van der Waals surface area contributed by atoms with E-state index in [2.05, 4.69) is 11.8 Å². The van der Waals surface area contributed by atoms with E-state index in [4.69, 9.17) is 0 Å². The Morgan fingerprint density at radius 1 is 1.33 bits per heavy atom. The topological polar surface area (TPSA) is 20.3 Å². The maximum absolute atomic E-state index is 10.5. The summed E-state index contributed by atoms with van der Waals surface area (Å²) in [5.41, 5.74) is 2.00. The third kappa shape index (κ3) is 2.20. The minimum Gasteiger partial charge on any atom is -0.371 e. The van der Waals surface area contributed by atoms with Gasteiger partial charge in [-0.25, -0.2) is 0 Å². The Kier molecular flexibility index (Phi) is 3.05. The number of hydrogen-bond acceptors (Lipinski definition) is 2. The minimum atomic E-state index is 0.754. The first-order valence-corrected chi connectivity index (χ1v) is 5.63. The molecule has 0 spiro atoms. The Labute approximate surface area is 90.9 Å². The Balaban J connectivity index is 1.92. The Morgan fingerprint density at radius 2 is 2.00 bits per heavy atom. The molecule has 80 valence electrons. The van der Waals surface area contributed by atoms with Crippen molar-refractivity contribution < 1.29 is 4.79 Å². The predicted octanol–water partition coefficient (Wildman–Crippen LogP) is 2.74. The van der Waals surface area contributed by atoms with Crippen LogP contribution in [0.25, 0.3) is 0 Å². The number of carbonyl (C=O) groups excluding carboxylic acids is 1. The first-order valence-electron chi connectivity index (χ1n) is 5.63. The van der Waals surface area contributed by atoms with Gasteiger partial charge in [-0.05, 0) is 36.6 Å². The number of nitrogens with zero attached hydrogens (tertiary/aromatic N) is 1. The van der Waals surface area contributed by atoms with Crippen LogP contribution < -0.4 is 4.90 Å². The fourth-order valence-electron chi connectivity index (χ4n) is 2.14. The van der Waals surface area contributed by atoms with Crippen molar-refractivity contribution >= 4 is 12.0 Å². The average Bonchev–Trinajstić information content (AvgIpc) is 2.23. The largest absolute Gasteiger partial charge is 0.371 e. The highest BCUT2D eigenvalue weighted by Gasteiger charge is 2.25. The molecule has 1 fully saturated rings. The molecule has 1 heterocycles. The zero-order valence-corrected chi connectivity index (χ0v) is 9.15. The fraction of sp³-hybridized carbons (Fsp3) is 0.462. The Bertz CT molecular complexity index is 325. The molecule has 0 N–H and O–H groups in total.